The number of imidazole rings is 1. The Morgan fingerprint density at radius 1 is 1.07 bits per heavy atom. The molecule has 7 rings (SSSR count). The molecule has 3 unspecified atom stereocenters. The molecule has 3 aromatic heterocycles. The van der Waals surface area contributed by atoms with Crippen molar-refractivity contribution < 1.29 is 18.0 Å². The zero-order valence-electron chi connectivity index (χ0n) is 24.7. The minimum atomic E-state index is -4.27. The van der Waals surface area contributed by atoms with Crippen molar-refractivity contribution in [2.45, 2.75) is 82.1 Å². The summed E-state index contributed by atoms with van der Waals surface area (Å²) in [4.78, 5) is 24.9. The molecular formula is C32H37F3N8O. The Morgan fingerprint density at radius 3 is 2.59 bits per heavy atom. The van der Waals surface area contributed by atoms with Gasteiger partial charge in [-0.1, -0.05) is 25.0 Å². The van der Waals surface area contributed by atoms with Crippen LogP contribution in [0.4, 0.5) is 19.0 Å². The molecule has 232 valence electrons. The van der Waals surface area contributed by atoms with Crippen molar-refractivity contribution in [2.75, 3.05) is 12.3 Å². The fourth-order valence-electron chi connectivity index (χ4n) is 7.62. The molecule has 12 heteroatoms. The van der Waals surface area contributed by atoms with Crippen LogP contribution in [0, 0.1) is 5.92 Å². The van der Waals surface area contributed by atoms with Crippen LogP contribution in [0.5, 0.6) is 0 Å². The minimum absolute atomic E-state index is 0.0550. The number of likely N-dealkylation sites (tertiary alicyclic amines) is 1. The van der Waals surface area contributed by atoms with E-state index in [1.165, 1.54) is 11.3 Å². The summed E-state index contributed by atoms with van der Waals surface area (Å²) in [6.07, 6.45) is 7.48. The third-order valence-electron chi connectivity index (χ3n) is 9.92. The molecule has 4 heterocycles. The molecule has 1 saturated carbocycles. The average Bonchev–Trinajstić information content (AvgIpc) is 3.77. The maximum Gasteiger partial charge on any atom is 0.391 e. The van der Waals surface area contributed by atoms with E-state index in [1.54, 1.807) is 18.3 Å². The first-order valence-electron chi connectivity index (χ1n) is 15.6. The lowest BCUT2D eigenvalue weighted by Gasteiger charge is -2.43. The van der Waals surface area contributed by atoms with Crippen LogP contribution in [-0.2, 0) is 13.5 Å². The van der Waals surface area contributed by atoms with Crippen LogP contribution in [0.1, 0.15) is 84.7 Å². The van der Waals surface area contributed by atoms with Crippen molar-refractivity contribution >= 4 is 17.2 Å². The third-order valence-corrected chi connectivity index (χ3v) is 9.92. The van der Waals surface area contributed by atoms with E-state index in [-0.39, 0.29) is 30.7 Å². The number of rotatable bonds is 5. The predicted molar refractivity (Wildman–Crippen MR) is 160 cm³/mol. The summed E-state index contributed by atoms with van der Waals surface area (Å²) in [5, 5.41) is 7.44. The highest BCUT2D eigenvalue weighted by Gasteiger charge is 2.46. The smallest absolute Gasteiger partial charge is 0.382 e. The largest absolute Gasteiger partial charge is 0.391 e. The van der Waals surface area contributed by atoms with Crippen molar-refractivity contribution in [3.05, 3.63) is 65.5 Å². The van der Waals surface area contributed by atoms with Gasteiger partial charge in [-0.2, -0.15) is 18.3 Å². The highest BCUT2D eigenvalue weighted by molar-refractivity contribution is 5.95. The van der Waals surface area contributed by atoms with E-state index in [4.69, 9.17) is 10.7 Å². The van der Waals surface area contributed by atoms with Gasteiger partial charge in [0.05, 0.1) is 18.3 Å². The highest BCUT2D eigenvalue weighted by Crippen LogP contribution is 2.40. The van der Waals surface area contributed by atoms with Crippen molar-refractivity contribution in [1.29, 1.82) is 0 Å². The first kappa shape index (κ1) is 28.8. The van der Waals surface area contributed by atoms with E-state index in [2.05, 4.69) is 20.3 Å². The van der Waals surface area contributed by atoms with Gasteiger partial charge >= 0.3 is 6.18 Å². The number of carbonyl (C=O) groups is 1. The Morgan fingerprint density at radius 2 is 1.84 bits per heavy atom. The maximum absolute atomic E-state index is 13.7. The number of benzene rings is 1. The van der Waals surface area contributed by atoms with Gasteiger partial charge in [0.2, 0.25) is 0 Å². The van der Waals surface area contributed by atoms with E-state index in [9.17, 15) is 18.0 Å². The van der Waals surface area contributed by atoms with Gasteiger partial charge in [0.15, 0.2) is 0 Å². The van der Waals surface area contributed by atoms with Gasteiger partial charge < -0.3 is 11.1 Å². The van der Waals surface area contributed by atoms with Crippen LogP contribution in [0.3, 0.4) is 0 Å². The number of nitrogen functional groups attached to an aromatic ring is 1. The number of anilines is 1. The monoisotopic (exact) mass is 606 g/mol. The average molecular weight is 607 g/mol. The molecule has 44 heavy (non-hydrogen) atoms. The van der Waals surface area contributed by atoms with E-state index < -0.39 is 18.3 Å². The molecule has 0 radical (unpaired) electrons. The number of nitrogens with zero attached hydrogens (tertiary/aromatic N) is 6. The summed E-state index contributed by atoms with van der Waals surface area (Å²) in [6.45, 7) is 0.339. The molecule has 4 aromatic rings. The second-order valence-electron chi connectivity index (χ2n) is 12.5. The topological polar surface area (TPSA) is 106 Å². The zero-order valence-corrected chi connectivity index (χ0v) is 24.7. The molecule has 1 aliphatic heterocycles. The molecule has 3 aliphatic rings. The molecule has 2 aliphatic carbocycles. The Kier molecular flexibility index (Phi) is 7.34. The molecule has 1 amide bonds. The number of amides is 1. The summed E-state index contributed by atoms with van der Waals surface area (Å²) in [5.41, 5.74) is 11.3. The minimum Gasteiger partial charge on any atom is -0.382 e. The van der Waals surface area contributed by atoms with Gasteiger partial charge in [0, 0.05) is 60.3 Å². The molecule has 3 atom stereocenters. The number of nitrogens with one attached hydrogen (secondary N) is 1. The molecule has 1 aromatic carbocycles. The predicted octanol–water partition coefficient (Wildman–Crippen LogP) is 5.45. The summed E-state index contributed by atoms with van der Waals surface area (Å²) < 4.78 is 44.9. The fourth-order valence-corrected chi connectivity index (χ4v) is 7.62. The van der Waals surface area contributed by atoms with Crippen LogP contribution >= 0.6 is 0 Å². The number of halogens is 3. The lowest BCUT2D eigenvalue weighted by Crippen LogP contribution is -2.57. The Hall–Kier alpha value is -3.93. The Balaban J connectivity index is 1.16. The fraction of sp³-hybridized carbons (Fsp3) is 0.500. The van der Waals surface area contributed by atoms with Crippen molar-refractivity contribution in [3.63, 3.8) is 0 Å². The third kappa shape index (κ3) is 5.12. The number of hydrogen-bond donors (Lipinski definition) is 2. The van der Waals surface area contributed by atoms with Crippen LogP contribution in [0.15, 0.2) is 42.9 Å². The number of nitrogens with two attached hydrogens (primary N) is 1. The van der Waals surface area contributed by atoms with Crippen LogP contribution in [-0.4, -0.2) is 59.9 Å². The molecule has 0 spiro atoms. The number of fused-ring (bicyclic) bond motifs is 2. The van der Waals surface area contributed by atoms with Gasteiger partial charge in [-0.25, -0.2) is 9.97 Å². The Bertz CT molecular complexity index is 1670. The normalized spacial score (nSPS) is 23.2. The van der Waals surface area contributed by atoms with Crippen molar-refractivity contribution in [2.24, 2.45) is 13.0 Å². The van der Waals surface area contributed by atoms with E-state index in [0.717, 1.165) is 56.3 Å². The zero-order chi connectivity index (χ0) is 30.6. The molecule has 9 nitrogen and oxygen atoms in total. The maximum atomic E-state index is 13.7. The first-order valence-corrected chi connectivity index (χ1v) is 15.6. The van der Waals surface area contributed by atoms with E-state index in [0.29, 0.717) is 29.1 Å². The van der Waals surface area contributed by atoms with Crippen LogP contribution < -0.4 is 11.1 Å². The number of aromatic nitrogens is 5. The summed E-state index contributed by atoms with van der Waals surface area (Å²) in [5.74, 6) is -0.519. The lowest BCUT2D eigenvalue weighted by atomic mass is 9.86. The van der Waals surface area contributed by atoms with Gasteiger partial charge in [0.25, 0.3) is 5.91 Å². The molecular weight excluding hydrogens is 569 g/mol. The molecule has 2 fully saturated rings. The van der Waals surface area contributed by atoms with E-state index in [1.807, 2.05) is 40.7 Å². The van der Waals surface area contributed by atoms with Gasteiger partial charge in [-0.3, -0.25) is 18.8 Å². The van der Waals surface area contributed by atoms with Crippen LogP contribution in [0.2, 0.25) is 0 Å². The molecule has 0 bridgehead atoms. The molecule has 3 N–H and O–H groups in total. The standard InChI is InChI=1S/C32H37F3N8O/c1-41-25-8-4-7-23(24(25)18-38-41)30-40-27(28-29(36)37-14-16-43(28)30)19-9-11-20(12-10-19)31(44)39-26-17-21(32(33,34)35)13-15-42(26)22-5-2-3-6-22/h9-12,14,16,18,21-23,26H,2-8,13,15,17H2,1H3,(H2,36,37)(H,39,44). The quantitative estimate of drug-likeness (QED) is 0.313. The van der Waals surface area contributed by atoms with Gasteiger partial charge in [-0.05, 0) is 57.1 Å². The second kappa shape index (κ2) is 11.2. The van der Waals surface area contributed by atoms with Crippen molar-refractivity contribution in [3.8, 4) is 11.3 Å². The summed E-state index contributed by atoms with van der Waals surface area (Å²) in [7, 11) is 1.96. The number of piperidine rings is 1. The van der Waals surface area contributed by atoms with Gasteiger partial charge in [0.1, 0.15) is 22.9 Å². The lowest BCUT2D eigenvalue weighted by molar-refractivity contribution is -0.192. The SMILES string of the molecule is Cn1ncc2c1CCCC2c1nc(-c2ccc(C(=O)NC3CC(C(F)(F)F)CCN3C3CCCC3)cc2)c2c(N)nccn12. The first-order chi connectivity index (χ1) is 21.2. The van der Waals surface area contributed by atoms with Gasteiger partial charge in [-0.15, -0.1) is 0 Å². The highest BCUT2D eigenvalue weighted by atomic mass is 19.4. The summed E-state index contributed by atoms with van der Waals surface area (Å²) in [6, 6.07) is 7.25. The number of carbonyl (C=O) groups excluding carboxylic acids is 1. The Labute approximate surface area is 253 Å². The van der Waals surface area contributed by atoms with E-state index >= 15 is 0 Å². The second-order valence-corrected chi connectivity index (χ2v) is 12.5. The number of aryl methyl sites for hydroxylation is 1. The molecule has 1 saturated heterocycles. The van der Waals surface area contributed by atoms with Crippen LogP contribution in [0.25, 0.3) is 16.8 Å². The number of alkyl halides is 3. The summed E-state index contributed by atoms with van der Waals surface area (Å²) >= 11 is 0. The van der Waals surface area contributed by atoms with Crippen molar-refractivity contribution in [1.82, 2.24) is 34.4 Å². The number of hydrogen-bond acceptors (Lipinski definition) is 6.